The van der Waals surface area contributed by atoms with Crippen molar-refractivity contribution >= 4 is 17.4 Å². The summed E-state index contributed by atoms with van der Waals surface area (Å²) in [5.74, 6) is 0.652. The van der Waals surface area contributed by atoms with Gasteiger partial charge in [0, 0.05) is 31.5 Å². The van der Waals surface area contributed by atoms with Gasteiger partial charge in [0.25, 0.3) is 5.91 Å². The minimum Gasteiger partial charge on any atom is -0.479 e. The molecule has 1 saturated carbocycles. The van der Waals surface area contributed by atoms with Crippen LogP contribution in [0.3, 0.4) is 0 Å². The number of alkyl halides is 3. The Labute approximate surface area is 176 Å². The first-order chi connectivity index (χ1) is 14.8. The molecule has 0 unspecified atom stereocenters. The molecule has 2 N–H and O–H groups in total. The highest BCUT2D eigenvalue weighted by atomic mass is 19.4. The fourth-order valence-corrected chi connectivity index (χ4v) is 4.07. The van der Waals surface area contributed by atoms with E-state index in [0.29, 0.717) is 11.4 Å². The van der Waals surface area contributed by atoms with Gasteiger partial charge in [0.05, 0.1) is 7.11 Å². The number of imidazole rings is 1. The summed E-state index contributed by atoms with van der Waals surface area (Å²) in [6, 6.07) is 5.20. The summed E-state index contributed by atoms with van der Waals surface area (Å²) in [7, 11) is 3.33. The highest BCUT2D eigenvalue weighted by molar-refractivity contribution is 5.96. The first kappa shape index (κ1) is 21.0. The van der Waals surface area contributed by atoms with E-state index < -0.39 is 11.9 Å². The van der Waals surface area contributed by atoms with Crippen molar-refractivity contribution in [1.82, 2.24) is 24.9 Å². The van der Waals surface area contributed by atoms with Crippen LogP contribution in [0, 0.1) is 0 Å². The molecule has 0 radical (unpaired) electrons. The average molecular weight is 436 g/mol. The maximum absolute atomic E-state index is 13.1. The third-order valence-corrected chi connectivity index (χ3v) is 5.75. The third kappa shape index (κ3) is 4.17. The number of aromatic nitrogens is 4. The number of fused-ring (bicyclic) bond motifs is 1. The second-order valence-corrected chi connectivity index (χ2v) is 7.63. The highest BCUT2D eigenvalue weighted by Crippen LogP contribution is 2.32. The number of H-pyrrole nitrogens is 1. The van der Waals surface area contributed by atoms with Gasteiger partial charge in [0.15, 0.2) is 5.69 Å². The molecular weight excluding hydrogens is 413 g/mol. The van der Waals surface area contributed by atoms with Crippen LogP contribution in [0.15, 0.2) is 30.6 Å². The van der Waals surface area contributed by atoms with Gasteiger partial charge in [-0.2, -0.15) is 13.2 Å². The summed E-state index contributed by atoms with van der Waals surface area (Å²) >= 11 is 0. The van der Waals surface area contributed by atoms with E-state index in [0.717, 1.165) is 31.9 Å². The Morgan fingerprint density at radius 1 is 1.29 bits per heavy atom. The summed E-state index contributed by atoms with van der Waals surface area (Å²) in [6.45, 7) is 0. The van der Waals surface area contributed by atoms with Crippen LogP contribution in [0.25, 0.3) is 5.65 Å². The molecule has 8 nitrogen and oxygen atoms in total. The number of carbonyl (C=O) groups excluding carboxylic acids is 1. The van der Waals surface area contributed by atoms with Crippen LogP contribution in [-0.4, -0.2) is 51.7 Å². The molecule has 3 heterocycles. The Morgan fingerprint density at radius 3 is 2.71 bits per heavy atom. The Hall–Kier alpha value is -3.24. The molecular formula is C20H23F3N6O2. The molecule has 3 aromatic rings. The van der Waals surface area contributed by atoms with Gasteiger partial charge in [-0.05, 0) is 37.8 Å². The molecule has 1 amide bonds. The van der Waals surface area contributed by atoms with Crippen LogP contribution in [0.5, 0.6) is 5.88 Å². The first-order valence-corrected chi connectivity index (χ1v) is 9.94. The predicted octanol–water partition coefficient (Wildman–Crippen LogP) is 3.26. The predicted molar refractivity (Wildman–Crippen MR) is 107 cm³/mol. The number of halogens is 3. The van der Waals surface area contributed by atoms with Crippen LogP contribution < -0.4 is 15.0 Å². The number of hydrogen-bond acceptors (Lipinski definition) is 5. The average Bonchev–Trinajstić information content (AvgIpc) is 3.40. The Bertz CT molecular complexity index is 1070. The zero-order chi connectivity index (χ0) is 22.2. The molecule has 31 heavy (non-hydrogen) atoms. The highest BCUT2D eigenvalue weighted by Gasteiger charge is 2.34. The van der Waals surface area contributed by atoms with E-state index in [-0.39, 0.29) is 29.5 Å². The van der Waals surface area contributed by atoms with E-state index in [4.69, 9.17) is 4.74 Å². The SMILES string of the molecule is COc1n[nH]cc1C(=O)N[C@H]1CC[C@@H](N(C)c2cccc3nc(C(F)(F)F)cn23)CC1. The molecule has 1 aliphatic rings. The Balaban J connectivity index is 1.42. The fourth-order valence-electron chi connectivity index (χ4n) is 4.07. The van der Waals surface area contributed by atoms with Gasteiger partial charge in [-0.3, -0.25) is 14.3 Å². The molecule has 1 fully saturated rings. The normalized spacial score (nSPS) is 19.4. The van der Waals surface area contributed by atoms with Crippen molar-refractivity contribution in [2.75, 3.05) is 19.1 Å². The number of ether oxygens (including phenoxy) is 1. The third-order valence-electron chi connectivity index (χ3n) is 5.75. The van der Waals surface area contributed by atoms with Crippen molar-refractivity contribution in [1.29, 1.82) is 0 Å². The first-order valence-electron chi connectivity index (χ1n) is 9.94. The van der Waals surface area contributed by atoms with Crippen LogP contribution in [-0.2, 0) is 6.18 Å². The molecule has 11 heteroatoms. The number of aromatic amines is 1. The van der Waals surface area contributed by atoms with Gasteiger partial charge in [-0.1, -0.05) is 6.07 Å². The number of amides is 1. The van der Waals surface area contributed by atoms with Crippen LogP contribution in [0.2, 0.25) is 0 Å². The van der Waals surface area contributed by atoms with E-state index in [9.17, 15) is 18.0 Å². The number of carbonyl (C=O) groups is 1. The van der Waals surface area contributed by atoms with Crippen molar-refractivity contribution in [3.8, 4) is 5.88 Å². The molecule has 1 aliphatic carbocycles. The molecule has 0 bridgehead atoms. The van der Waals surface area contributed by atoms with Crippen molar-refractivity contribution in [2.24, 2.45) is 0 Å². The number of pyridine rings is 1. The van der Waals surface area contributed by atoms with E-state index in [1.807, 2.05) is 11.9 Å². The van der Waals surface area contributed by atoms with Crippen LogP contribution in [0.4, 0.5) is 19.0 Å². The Morgan fingerprint density at radius 2 is 2.03 bits per heavy atom. The lowest BCUT2D eigenvalue weighted by atomic mass is 9.90. The van der Waals surface area contributed by atoms with Crippen molar-refractivity contribution in [3.05, 3.63) is 41.9 Å². The van der Waals surface area contributed by atoms with Crippen LogP contribution >= 0.6 is 0 Å². The second kappa shape index (κ2) is 8.12. The lowest BCUT2D eigenvalue weighted by molar-refractivity contribution is -0.140. The summed E-state index contributed by atoms with van der Waals surface area (Å²) in [4.78, 5) is 18.2. The van der Waals surface area contributed by atoms with Crippen molar-refractivity contribution in [3.63, 3.8) is 0 Å². The number of nitrogens with zero attached hydrogens (tertiary/aromatic N) is 4. The fraction of sp³-hybridized carbons (Fsp3) is 0.450. The van der Waals surface area contributed by atoms with Gasteiger partial charge >= 0.3 is 6.18 Å². The van der Waals surface area contributed by atoms with E-state index in [1.54, 1.807) is 18.2 Å². The standard InChI is InChI=1S/C20H23F3N6O2/c1-28(17-5-3-4-16-26-15(11-29(16)17)20(21,22)23)13-8-6-12(7-9-13)25-18(30)14-10-24-27-19(14)31-2/h3-5,10-13H,6-9H2,1-2H3,(H,24,27)(H,25,30)/t12-,13+. The lowest BCUT2D eigenvalue weighted by Crippen LogP contribution is -2.43. The molecule has 0 saturated heterocycles. The molecule has 0 spiro atoms. The summed E-state index contributed by atoms with van der Waals surface area (Å²) in [5.41, 5.74) is -0.296. The maximum atomic E-state index is 13.1. The van der Waals surface area contributed by atoms with Gasteiger partial charge in [0.2, 0.25) is 5.88 Å². The van der Waals surface area contributed by atoms with E-state index >= 15 is 0 Å². The monoisotopic (exact) mass is 436 g/mol. The lowest BCUT2D eigenvalue weighted by Gasteiger charge is -2.36. The Kier molecular flexibility index (Phi) is 5.50. The number of nitrogens with one attached hydrogen (secondary N) is 2. The van der Waals surface area contributed by atoms with E-state index in [1.165, 1.54) is 17.7 Å². The zero-order valence-corrected chi connectivity index (χ0v) is 17.1. The topological polar surface area (TPSA) is 87.5 Å². The molecule has 166 valence electrons. The van der Waals surface area contributed by atoms with Crippen molar-refractivity contribution < 1.29 is 22.7 Å². The van der Waals surface area contributed by atoms with Gasteiger partial charge in [-0.15, -0.1) is 5.10 Å². The second-order valence-electron chi connectivity index (χ2n) is 7.63. The van der Waals surface area contributed by atoms with Crippen molar-refractivity contribution in [2.45, 2.75) is 43.9 Å². The molecule has 0 aromatic carbocycles. The summed E-state index contributed by atoms with van der Waals surface area (Å²) in [6.07, 6.45) is 1.14. The van der Waals surface area contributed by atoms with Gasteiger partial charge in [0.1, 0.15) is 17.0 Å². The zero-order valence-electron chi connectivity index (χ0n) is 17.1. The van der Waals surface area contributed by atoms with Gasteiger partial charge in [-0.25, -0.2) is 4.98 Å². The molecule has 0 atom stereocenters. The smallest absolute Gasteiger partial charge is 0.434 e. The largest absolute Gasteiger partial charge is 0.479 e. The minimum absolute atomic E-state index is 0.0117. The number of hydrogen-bond donors (Lipinski definition) is 2. The number of methoxy groups -OCH3 is 1. The number of rotatable bonds is 5. The quantitative estimate of drug-likeness (QED) is 0.641. The van der Waals surface area contributed by atoms with E-state index in [2.05, 4.69) is 20.5 Å². The maximum Gasteiger partial charge on any atom is 0.434 e. The van der Waals surface area contributed by atoms with Crippen LogP contribution in [0.1, 0.15) is 41.7 Å². The molecule has 3 aromatic heterocycles. The molecule has 4 rings (SSSR count). The summed E-state index contributed by atoms with van der Waals surface area (Å²) < 4.78 is 45.8. The molecule has 0 aliphatic heterocycles. The number of anilines is 1. The minimum atomic E-state index is -4.49. The summed E-state index contributed by atoms with van der Waals surface area (Å²) in [5, 5.41) is 9.49. The van der Waals surface area contributed by atoms with Gasteiger partial charge < -0.3 is 15.0 Å².